The zero-order valence-electron chi connectivity index (χ0n) is 10.2. The molecule has 0 aromatic carbocycles. The van der Waals surface area contributed by atoms with Gasteiger partial charge in [0.1, 0.15) is 6.54 Å². The molecule has 1 amide bonds. The summed E-state index contributed by atoms with van der Waals surface area (Å²) >= 11 is 1.20. The molecule has 0 spiro atoms. The lowest BCUT2D eigenvalue weighted by Gasteiger charge is -2.00. The summed E-state index contributed by atoms with van der Waals surface area (Å²) in [4.78, 5) is 23.1. The van der Waals surface area contributed by atoms with Gasteiger partial charge in [-0.05, 0) is 18.6 Å². The van der Waals surface area contributed by atoms with Crippen LogP contribution in [0.15, 0.2) is 12.1 Å². The molecule has 0 saturated heterocycles. The third-order valence-corrected chi connectivity index (χ3v) is 3.89. The summed E-state index contributed by atoms with van der Waals surface area (Å²) < 4.78 is 24.1. The summed E-state index contributed by atoms with van der Waals surface area (Å²) in [5, 5.41) is 10.7. The molecular formula is C10H14N2O5S2. The van der Waals surface area contributed by atoms with Gasteiger partial charge in [0.2, 0.25) is 10.0 Å². The van der Waals surface area contributed by atoms with Gasteiger partial charge in [-0.15, -0.1) is 11.3 Å². The fourth-order valence-corrected chi connectivity index (χ4v) is 2.63. The zero-order valence-corrected chi connectivity index (χ0v) is 11.8. The Balaban J connectivity index is 2.48. The van der Waals surface area contributed by atoms with Crippen LogP contribution in [0.4, 0.5) is 0 Å². The van der Waals surface area contributed by atoms with Crippen molar-refractivity contribution in [3.05, 3.63) is 21.9 Å². The minimum absolute atomic E-state index is 0.259. The number of sulfonamides is 1. The Morgan fingerprint density at radius 2 is 2.05 bits per heavy atom. The van der Waals surface area contributed by atoms with Crippen LogP contribution in [-0.2, 0) is 21.2 Å². The summed E-state index contributed by atoms with van der Waals surface area (Å²) in [7, 11) is -3.21. The molecule has 0 aliphatic rings. The molecule has 0 atom stereocenters. The van der Waals surface area contributed by atoms with Crippen molar-refractivity contribution < 1.29 is 23.1 Å². The predicted octanol–water partition coefficient (Wildman–Crippen LogP) is -0.346. The van der Waals surface area contributed by atoms with E-state index in [0.717, 1.165) is 11.1 Å². The normalized spacial score (nSPS) is 11.2. The number of amides is 1. The van der Waals surface area contributed by atoms with Crippen LogP contribution >= 0.6 is 11.3 Å². The summed E-state index contributed by atoms with van der Waals surface area (Å²) in [5.74, 6) is -1.56. The Bertz CT molecular complexity index is 564. The van der Waals surface area contributed by atoms with E-state index in [9.17, 15) is 18.0 Å². The van der Waals surface area contributed by atoms with Crippen molar-refractivity contribution in [2.24, 2.45) is 0 Å². The largest absolute Gasteiger partial charge is 0.480 e. The number of hydrogen-bond donors (Lipinski definition) is 3. The molecule has 0 bridgehead atoms. The number of carbonyl (C=O) groups excluding carboxylic acids is 1. The number of nitrogens with one attached hydrogen (secondary N) is 2. The molecule has 0 unspecified atom stereocenters. The summed E-state index contributed by atoms with van der Waals surface area (Å²) in [6, 6.07) is 3.29. The van der Waals surface area contributed by atoms with Crippen molar-refractivity contribution >= 4 is 33.2 Å². The van der Waals surface area contributed by atoms with Gasteiger partial charge in [0.15, 0.2) is 0 Å². The van der Waals surface area contributed by atoms with E-state index in [1.807, 2.05) is 0 Å². The summed E-state index contributed by atoms with van der Waals surface area (Å²) in [5.41, 5.74) is 0. The number of carbonyl (C=O) groups is 2. The highest BCUT2D eigenvalue weighted by Crippen LogP contribution is 2.16. The lowest BCUT2D eigenvalue weighted by molar-refractivity contribution is -0.135. The van der Waals surface area contributed by atoms with E-state index in [-0.39, 0.29) is 6.54 Å². The van der Waals surface area contributed by atoms with Crippen LogP contribution in [0.2, 0.25) is 0 Å². The molecule has 0 aliphatic carbocycles. The molecule has 7 nitrogen and oxygen atoms in total. The van der Waals surface area contributed by atoms with E-state index in [0.29, 0.717) is 11.3 Å². The van der Waals surface area contributed by atoms with Crippen molar-refractivity contribution in [2.75, 3.05) is 19.3 Å². The van der Waals surface area contributed by atoms with Gasteiger partial charge in [-0.3, -0.25) is 9.59 Å². The molecule has 1 aromatic rings. The van der Waals surface area contributed by atoms with Gasteiger partial charge in [0, 0.05) is 11.4 Å². The number of carboxylic acids is 1. The lowest BCUT2D eigenvalue weighted by atomic mass is 10.3. The van der Waals surface area contributed by atoms with E-state index in [1.165, 1.54) is 11.3 Å². The van der Waals surface area contributed by atoms with Crippen molar-refractivity contribution in [1.82, 2.24) is 10.0 Å². The maximum absolute atomic E-state index is 11.5. The smallest absolute Gasteiger partial charge is 0.322 e. The second kappa shape index (κ2) is 6.64. The minimum atomic E-state index is -3.21. The predicted molar refractivity (Wildman–Crippen MR) is 70.8 cm³/mol. The van der Waals surface area contributed by atoms with Crippen LogP contribution in [0.3, 0.4) is 0 Å². The van der Waals surface area contributed by atoms with Crippen LogP contribution < -0.4 is 10.0 Å². The zero-order chi connectivity index (χ0) is 14.5. The second-order valence-electron chi connectivity index (χ2n) is 3.76. The van der Waals surface area contributed by atoms with Crippen LogP contribution in [0.25, 0.3) is 0 Å². The standard InChI is InChI=1S/C10H14N2O5S2/c1-19(16,17)12-5-4-7-2-3-8(18-7)10(15)11-6-9(13)14/h2-3,12H,4-6H2,1H3,(H,11,15)(H,13,14). The Morgan fingerprint density at radius 1 is 1.37 bits per heavy atom. The van der Waals surface area contributed by atoms with Gasteiger partial charge in [-0.25, -0.2) is 13.1 Å². The highest BCUT2D eigenvalue weighted by atomic mass is 32.2. The van der Waals surface area contributed by atoms with Crippen molar-refractivity contribution in [1.29, 1.82) is 0 Å². The maximum Gasteiger partial charge on any atom is 0.322 e. The Morgan fingerprint density at radius 3 is 2.63 bits per heavy atom. The number of aliphatic carboxylic acids is 1. The average Bonchev–Trinajstić information content (AvgIpc) is 2.72. The lowest BCUT2D eigenvalue weighted by Crippen LogP contribution is -2.28. The molecule has 9 heteroatoms. The first-order valence-electron chi connectivity index (χ1n) is 5.31. The first-order chi connectivity index (χ1) is 8.78. The minimum Gasteiger partial charge on any atom is -0.480 e. The molecule has 1 aromatic heterocycles. The Kier molecular flexibility index (Phi) is 5.45. The molecular weight excluding hydrogens is 292 g/mol. The van der Waals surface area contributed by atoms with E-state index < -0.39 is 28.4 Å². The maximum atomic E-state index is 11.5. The van der Waals surface area contributed by atoms with Gasteiger partial charge >= 0.3 is 5.97 Å². The molecule has 0 aliphatic heterocycles. The van der Waals surface area contributed by atoms with Crippen LogP contribution in [0, 0.1) is 0 Å². The van der Waals surface area contributed by atoms with Crippen LogP contribution in [-0.4, -0.2) is 44.7 Å². The van der Waals surface area contributed by atoms with Gasteiger partial charge in [-0.2, -0.15) is 0 Å². The van der Waals surface area contributed by atoms with E-state index >= 15 is 0 Å². The Hall–Kier alpha value is -1.45. The molecule has 19 heavy (non-hydrogen) atoms. The monoisotopic (exact) mass is 306 g/mol. The van der Waals surface area contributed by atoms with Crippen LogP contribution in [0.5, 0.6) is 0 Å². The third kappa shape index (κ3) is 6.32. The highest BCUT2D eigenvalue weighted by molar-refractivity contribution is 7.88. The van der Waals surface area contributed by atoms with Gasteiger partial charge < -0.3 is 10.4 Å². The summed E-state index contributed by atoms with van der Waals surface area (Å²) in [6.45, 7) is -0.169. The fourth-order valence-electron chi connectivity index (χ4n) is 1.24. The van der Waals surface area contributed by atoms with Gasteiger partial charge in [-0.1, -0.05) is 0 Å². The quantitative estimate of drug-likeness (QED) is 0.637. The second-order valence-corrected chi connectivity index (χ2v) is 6.76. The van der Waals surface area contributed by atoms with Gasteiger partial charge in [0.25, 0.3) is 5.91 Å². The third-order valence-electron chi connectivity index (χ3n) is 2.02. The van der Waals surface area contributed by atoms with Crippen LogP contribution in [0.1, 0.15) is 14.5 Å². The molecule has 0 saturated carbocycles. The number of hydrogen-bond acceptors (Lipinski definition) is 5. The van der Waals surface area contributed by atoms with Crippen molar-refractivity contribution in [3.63, 3.8) is 0 Å². The molecule has 0 fully saturated rings. The van der Waals surface area contributed by atoms with E-state index in [4.69, 9.17) is 5.11 Å². The topological polar surface area (TPSA) is 113 Å². The van der Waals surface area contributed by atoms with Gasteiger partial charge in [0.05, 0.1) is 11.1 Å². The number of carboxylic acid groups (broad SMARTS) is 1. The molecule has 106 valence electrons. The van der Waals surface area contributed by atoms with Crippen molar-refractivity contribution in [3.8, 4) is 0 Å². The molecule has 0 radical (unpaired) electrons. The number of rotatable bonds is 7. The molecule has 3 N–H and O–H groups in total. The van der Waals surface area contributed by atoms with E-state index in [2.05, 4.69) is 10.0 Å². The number of thiophene rings is 1. The first kappa shape index (κ1) is 15.6. The SMILES string of the molecule is CS(=O)(=O)NCCc1ccc(C(=O)NCC(=O)O)s1. The molecule has 1 rings (SSSR count). The van der Waals surface area contributed by atoms with Crippen molar-refractivity contribution in [2.45, 2.75) is 6.42 Å². The summed E-state index contributed by atoms with van der Waals surface area (Å²) in [6.07, 6.45) is 1.55. The Labute approximate surface area is 114 Å². The first-order valence-corrected chi connectivity index (χ1v) is 8.02. The fraction of sp³-hybridized carbons (Fsp3) is 0.400. The highest BCUT2D eigenvalue weighted by Gasteiger charge is 2.10. The molecule has 1 heterocycles. The average molecular weight is 306 g/mol. The van der Waals surface area contributed by atoms with E-state index in [1.54, 1.807) is 12.1 Å².